The van der Waals surface area contributed by atoms with E-state index in [-0.39, 0.29) is 0 Å². The van der Waals surface area contributed by atoms with Gasteiger partial charge in [0.2, 0.25) is 0 Å². The second-order valence-corrected chi connectivity index (χ2v) is 2.65. The molecule has 3 heteroatoms. The van der Waals surface area contributed by atoms with Gasteiger partial charge in [0.05, 0.1) is 0 Å². The Morgan fingerprint density at radius 1 is 1.33 bits per heavy atom. The molecule has 0 spiro atoms. The number of fused-ring (bicyclic) bond motifs is 1. The highest BCUT2D eigenvalue weighted by Crippen LogP contribution is 2.34. The average Bonchev–Trinajstić information content (AvgIpc) is 2.46. The summed E-state index contributed by atoms with van der Waals surface area (Å²) in [6, 6.07) is 7.47. The molecule has 1 atom stereocenters. The van der Waals surface area contributed by atoms with Crippen LogP contribution < -0.4 is 9.47 Å². The van der Waals surface area contributed by atoms with Gasteiger partial charge in [-0.1, -0.05) is 6.07 Å². The maximum Gasteiger partial charge on any atom is 0.331 e. The first-order chi connectivity index (χ1) is 5.79. The molecule has 1 aliphatic rings. The summed E-state index contributed by atoms with van der Waals surface area (Å²) in [5, 5.41) is 8.51. The largest absolute Gasteiger partial charge is 0.439 e. The summed E-state index contributed by atoms with van der Waals surface area (Å²) in [5.74, 6) is 1.30. The second kappa shape index (κ2) is 2.42. The van der Waals surface area contributed by atoms with Gasteiger partial charge in [-0.15, -0.1) is 0 Å². The molecule has 0 N–H and O–H groups in total. The van der Waals surface area contributed by atoms with Crippen molar-refractivity contribution in [3.8, 4) is 17.6 Å². The van der Waals surface area contributed by atoms with Crippen molar-refractivity contribution in [2.45, 2.75) is 13.2 Å². The van der Waals surface area contributed by atoms with Crippen LogP contribution >= 0.6 is 0 Å². The van der Waals surface area contributed by atoms with E-state index < -0.39 is 6.29 Å². The molecular formula is C9H7NO2. The van der Waals surface area contributed by atoms with Gasteiger partial charge < -0.3 is 9.47 Å². The number of hydrogen-bond acceptors (Lipinski definition) is 3. The number of aryl methyl sites for hydroxylation is 1. The van der Waals surface area contributed by atoms with Gasteiger partial charge in [0, 0.05) is 0 Å². The molecule has 0 radical (unpaired) electrons. The third kappa shape index (κ3) is 0.978. The van der Waals surface area contributed by atoms with E-state index in [1.165, 1.54) is 0 Å². The Bertz CT molecular complexity index is 354. The highest BCUT2D eigenvalue weighted by atomic mass is 16.7. The van der Waals surface area contributed by atoms with Crippen LogP contribution in [-0.4, -0.2) is 6.29 Å². The Hall–Kier alpha value is -1.69. The highest BCUT2D eigenvalue weighted by molar-refractivity contribution is 5.45. The fourth-order valence-electron chi connectivity index (χ4n) is 1.11. The molecule has 0 fully saturated rings. The minimum Gasteiger partial charge on any atom is -0.439 e. The number of rotatable bonds is 0. The van der Waals surface area contributed by atoms with Crippen molar-refractivity contribution in [3.05, 3.63) is 23.8 Å². The van der Waals surface area contributed by atoms with Crippen molar-refractivity contribution in [2.24, 2.45) is 0 Å². The molecule has 0 aliphatic carbocycles. The van der Waals surface area contributed by atoms with Crippen LogP contribution in [-0.2, 0) is 0 Å². The van der Waals surface area contributed by atoms with Gasteiger partial charge in [-0.2, -0.15) is 5.26 Å². The van der Waals surface area contributed by atoms with E-state index >= 15 is 0 Å². The van der Waals surface area contributed by atoms with Crippen molar-refractivity contribution < 1.29 is 9.47 Å². The van der Waals surface area contributed by atoms with Crippen molar-refractivity contribution in [1.29, 1.82) is 5.26 Å². The van der Waals surface area contributed by atoms with Gasteiger partial charge in [-0.25, -0.2) is 0 Å². The predicted molar refractivity (Wildman–Crippen MR) is 41.8 cm³/mol. The average molecular weight is 161 g/mol. The number of benzene rings is 1. The molecule has 1 heterocycles. The van der Waals surface area contributed by atoms with Gasteiger partial charge in [0.25, 0.3) is 0 Å². The SMILES string of the molecule is Cc1ccc2c(c1)OC(C#N)O2. The molecule has 12 heavy (non-hydrogen) atoms. The molecule has 3 nitrogen and oxygen atoms in total. The molecule has 1 aromatic carbocycles. The van der Waals surface area contributed by atoms with E-state index in [0.717, 1.165) is 5.56 Å². The fraction of sp³-hybridized carbons (Fsp3) is 0.222. The Labute approximate surface area is 70.1 Å². The summed E-state index contributed by atoms with van der Waals surface area (Å²) in [6.45, 7) is 1.96. The molecule has 0 bridgehead atoms. The van der Waals surface area contributed by atoms with Crippen LogP contribution in [0.25, 0.3) is 0 Å². The summed E-state index contributed by atoms with van der Waals surface area (Å²) >= 11 is 0. The van der Waals surface area contributed by atoms with Crippen LogP contribution in [0.2, 0.25) is 0 Å². The topological polar surface area (TPSA) is 42.2 Å². The number of nitrogens with zero attached hydrogens (tertiary/aromatic N) is 1. The van der Waals surface area contributed by atoms with Crippen molar-refractivity contribution in [1.82, 2.24) is 0 Å². The molecule has 2 rings (SSSR count). The maximum atomic E-state index is 8.51. The van der Waals surface area contributed by atoms with Crippen molar-refractivity contribution >= 4 is 0 Å². The van der Waals surface area contributed by atoms with Crippen LogP contribution in [0, 0.1) is 18.3 Å². The lowest BCUT2D eigenvalue weighted by Crippen LogP contribution is -2.14. The monoisotopic (exact) mass is 161 g/mol. The molecule has 60 valence electrons. The zero-order valence-electron chi connectivity index (χ0n) is 6.57. The van der Waals surface area contributed by atoms with Gasteiger partial charge in [-0.3, -0.25) is 0 Å². The first kappa shape index (κ1) is 6.99. The molecule has 0 saturated carbocycles. The van der Waals surface area contributed by atoms with E-state index in [9.17, 15) is 0 Å². The number of nitriles is 1. The van der Waals surface area contributed by atoms with Crippen LogP contribution in [0.3, 0.4) is 0 Å². The maximum absolute atomic E-state index is 8.51. The van der Waals surface area contributed by atoms with E-state index in [0.29, 0.717) is 11.5 Å². The number of hydrogen-bond donors (Lipinski definition) is 0. The highest BCUT2D eigenvalue weighted by Gasteiger charge is 2.22. The smallest absolute Gasteiger partial charge is 0.331 e. The van der Waals surface area contributed by atoms with Crippen LogP contribution in [0.1, 0.15) is 5.56 Å². The fourth-order valence-corrected chi connectivity index (χ4v) is 1.11. The summed E-state index contributed by atoms with van der Waals surface area (Å²) < 4.78 is 10.3. The zero-order valence-corrected chi connectivity index (χ0v) is 6.57. The van der Waals surface area contributed by atoms with E-state index in [2.05, 4.69) is 0 Å². The standard InChI is InChI=1S/C9H7NO2/c1-6-2-3-7-8(4-6)12-9(5-10)11-7/h2-4,9H,1H3. The molecule has 1 aliphatic heterocycles. The molecule has 1 unspecified atom stereocenters. The third-order valence-corrected chi connectivity index (χ3v) is 1.67. The number of ether oxygens (including phenoxy) is 2. The summed E-state index contributed by atoms with van der Waals surface area (Å²) in [7, 11) is 0. The first-order valence-electron chi connectivity index (χ1n) is 3.63. The van der Waals surface area contributed by atoms with Crippen molar-refractivity contribution in [3.63, 3.8) is 0 Å². The Balaban J connectivity index is 2.37. The second-order valence-electron chi connectivity index (χ2n) is 2.65. The quantitative estimate of drug-likeness (QED) is 0.580. The van der Waals surface area contributed by atoms with Crippen LogP contribution in [0.15, 0.2) is 18.2 Å². The molecule has 0 amide bonds. The van der Waals surface area contributed by atoms with Crippen LogP contribution in [0.4, 0.5) is 0 Å². The lowest BCUT2D eigenvalue weighted by Gasteiger charge is -1.96. The van der Waals surface area contributed by atoms with Gasteiger partial charge in [-0.05, 0) is 24.6 Å². The van der Waals surface area contributed by atoms with E-state index in [4.69, 9.17) is 14.7 Å². The van der Waals surface area contributed by atoms with Crippen LogP contribution in [0.5, 0.6) is 11.5 Å². The minimum absolute atomic E-state index is 0.646. The molecule has 0 saturated heterocycles. The minimum atomic E-state index is -0.776. The Kier molecular flexibility index (Phi) is 1.41. The Morgan fingerprint density at radius 2 is 2.08 bits per heavy atom. The summed E-state index contributed by atoms with van der Waals surface area (Å²) in [6.07, 6.45) is -0.776. The third-order valence-electron chi connectivity index (χ3n) is 1.67. The summed E-state index contributed by atoms with van der Waals surface area (Å²) in [4.78, 5) is 0. The lowest BCUT2D eigenvalue weighted by molar-refractivity contribution is 0.102. The first-order valence-corrected chi connectivity index (χ1v) is 3.63. The van der Waals surface area contributed by atoms with Gasteiger partial charge >= 0.3 is 6.29 Å². The summed E-state index contributed by atoms with van der Waals surface area (Å²) in [5.41, 5.74) is 1.09. The Morgan fingerprint density at radius 3 is 2.83 bits per heavy atom. The lowest BCUT2D eigenvalue weighted by atomic mass is 10.2. The molecule has 1 aromatic rings. The predicted octanol–water partition coefficient (Wildman–Crippen LogP) is 1.62. The van der Waals surface area contributed by atoms with Gasteiger partial charge in [0.1, 0.15) is 0 Å². The molecular weight excluding hydrogens is 154 g/mol. The van der Waals surface area contributed by atoms with Gasteiger partial charge in [0.15, 0.2) is 17.6 Å². The normalized spacial score (nSPS) is 18.8. The zero-order chi connectivity index (χ0) is 8.55. The van der Waals surface area contributed by atoms with Crippen molar-refractivity contribution in [2.75, 3.05) is 0 Å². The van der Waals surface area contributed by atoms with E-state index in [1.54, 1.807) is 0 Å². The molecule has 0 aromatic heterocycles. The van der Waals surface area contributed by atoms with E-state index in [1.807, 2.05) is 31.2 Å².